The van der Waals surface area contributed by atoms with Crippen LogP contribution in [0.2, 0.25) is 5.02 Å². The minimum absolute atomic E-state index is 0.0387. The van der Waals surface area contributed by atoms with E-state index in [1.165, 1.54) is 23.2 Å². The second kappa shape index (κ2) is 13.4. The number of anilines is 2. The van der Waals surface area contributed by atoms with Crippen molar-refractivity contribution >= 4 is 52.8 Å². The molecule has 9 nitrogen and oxygen atoms in total. The van der Waals surface area contributed by atoms with Crippen molar-refractivity contribution in [3.8, 4) is 0 Å². The quantitative estimate of drug-likeness (QED) is 0.266. The number of fused-ring (bicyclic) bond motifs is 1. The lowest BCUT2D eigenvalue weighted by atomic mass is 10.0. The van der Waals surface area contributed by atoms with Gasteiger partial charge in [0.2, 0.25) is 18.2 Å². The van der Waals surface area contributed by atoms with Crippen molar-refractivity contribution in [2.75, 3.05) is 24.2 Å². The van der Waals surface area contributed by atoms with Crippen LogP contribution in [-0.2, 0) is 32.0 Å². The van der Waals surface area contributed by atoms with Crippen molar-refractivity contribution in [2.45, 2.75) is 32.7 Å². The Kier molecular flexibility index (Phi) is 9.69. The third kappa shape index (κ3) is 7.19. The number of nitrogens with one attached hydrogen (secondary N) is 2. The summed E-state index contributed by atoms with van der Waals surface area (Å²) in [5.74, 6) is -1.64. The summed E-state index contributed by atoms with van der Waals surface area (Å²) in [7, 11) is 1.58. The van der Waals surface area contributed by atoms with Crippen molar-refractivity contribution in [1.82, 2.24) is 14.8 Å². The number of pyridine rings is 1. The third-order valence-electron chi connectivity index (χ3n) is 7.03. The first-order chi connectivity index (χ1) is 20.1. The number of aromatic nitrogens is 1. The Hall–Kier alpha value is -4.57. The molecule has 4 amide bonds. The molecule has 1 aliphatic carbocycles. The van der Waals surface area contributed by atoms with Gasteiger partial charge in [0.05, 0.1) is 10.6 Å². The van der Waals surface area contributed by atoms with Crippen LogP contribution >= 0.6 is 11.6 Å². The van der Waals surface area contributed by atoms with Crippen LogP contribution in [0.5, 0.6) is 0 Å². The summed E-state index contributed by atoms with van der Waals surface area (Å²) in [6, 6.07) is 14.5. The van der Waals surface area contributed by atoms with Gasteiger partial charge in [-0.1, -0.05) is 35.9 Å². The number of hydrogen-bond donors (Lipinski definition) is 2. The molecule has 1 unspecified atom stereocenters. The molecule has 3 aromatic rings. The molecular formula is C31H31ClFN5O4. The van der Waals surface area contributed by atoms with E-state index >= 15 is 0 Å². The highest BCUT2D eigenvalue weighted by Crippen LogP contribution is 2.31. The van der Waals surface area contributed by atoms with Gasteiger partial charge in [-0.15, -0.1) is 0 Å². The van der Waals surface area contributed by atoms with E-state index in [9.17, 15) is 23.6 Å². The maximum atomic E-state index is 14.2. The van der Waals surface area contributed by atoms with E-state index in [2.05, 4.69) is 15.6 Å². The lowest BCUT2D eigenvalue weighted by Gasteiger charge is -2.24. The number of benzene rings is 2. The number of nitrogens with zero attached hydrogens (tertiary/aromatic N) is 3. The number of carbonyl (C=O) groups excluding carboxylic acids is 4. The second-order valence-corrected chi connectivity index (χ2v) is 10.7. The van der Waals surface area contributed by atoms with Crippen LogP contribution in [-0.4, -0.2) is 58.5 Å². The van der Waals surface area contributed by atoms with Gasteiger partial charge in [-0.2, -0.15) is 0 Å². The summed E-state index contributed by atoms with van der Waals surface area (Å²) < 4.78 is 14.2. The van der Waals surface area contributed by atoms with Crippen LogP contribution in [0.1, 0.15) is 30.5 Å². The highest BCUT2D eigenvalue weighted by Gasteiger charge is 2.28. The summed E-state index contributed by atoms with van der Waals surface area (Å²) in [5, 5.41) is 5.32. The predicted molar refractivity (Wildman–Crippen MR) is 159 cm³/mol. The predicted octanol–water partition coefficient (Wildman–Crippen LogP) is 4.53. The van der Waals surface area contributed by atoms with Crippen molar-refractivity contribution in [3.05, 3.63) is 94.5 Å². The molecule has 4 rings (SSSR count). The number of halogens is 2. The molecule has 0 bridgehead atoms. The van der Waals surface area contributed by atoms with E-state index < -0.39 is 24.2 Å². The molecule has 11 heteroatoms. The van der Waals surface area contributed by atoms with Gasteiger partial charge in [-0.05, 0) is 68.1 Å². The fourth-order valence-corrected chi connectivity index (χ4v) is 4.80. The Labute approximate surface area is 248 Å². The van der Waals surface area contributed by atoms with Crippen LogP contribution in [0.15, 0.2) is 67.0 Å². The molecule has 2 N–H and O–H groups in total. The average Bonchev–Trinajstić information content (AvgIpc) is 3.40. The first-order valence-electron chi connectivity index (χ1n) is 13.3. The van der Waals surface area contributed by atoms with E-state index in [4.69, 9.17) is 11.6 Å². The molecule has 1 atom stereocenters. The molecule has 218 valence electrons. The average molecular weight is 592 g/mol. The van der Waals surface area contributed by atoms with Crippen LogP contribution in [0, 0.1) is 11.7 Å². The van der Waals surface area contributed by atoms with E-state index in [1.807, 2.05) is 6.07 Å². The Balaban J connectivity index is 1.46. The smallest absolute Gasteiger partial charge is 0.255 e. The Morgan fingerprint density at radius 3 is 2.52 bits per heavy atom. The largest absolute Gasteiger partial charge is 0.339 e. The molecule has 0 saturated carbocycles. The van der Waals surface area contributed by atoms with Crippen molar-refractivity contribution in [1.29, 1.82) is 0 Å². The SMILES string of the molecule is CC(C)N(C)C(=O)/C(=C\N(C=O)CC(=O)Nc1ccc2c(c1)CC(C(=O)Nc1ccccn1)C2)c1cccc(F)c1Cl. The Morgan fingerprint density at radius 2 is 1.83 bits per heavy atom. The number of hydrogen-bond acceptors (Lipinski definition) is 5. The zero-order chi connectivity index (χ0) is 30.4. The molecule has 0 spiro atoms. The third-order valence-corrected chi connectivity index (χ3v) is 7.42. The van der Waals surface area contributed by atoms with Crippen LogP contribution < -0.4 is 10.6 Å². The number of amides is 4. The van der Waals surface area contributed by atoms with Crippen molar-refractivity contribution < 1.29 is 23.6 Å². The maximum Gasteiger partial charge on any atom is 0.255 e. The Morgan fingerprint density at radius 1 is 1.07 bits per heavy atom. The second-order valence-electron chi connectivity index (χ2n) is 10.3. The summed E-state index contributed by atoms with van der Waals surface area (Å²) in [5.41, 5.74) is 2.51. The molecule has 0 saturated heterocycles. The van der Waals surface area contributed by atoms with E-state index in [1.54, 1.807) is 57.4 Å². The normalized spacial score (nSPS) is 14.2. The standard InChI is InChI=1S/C31H31ClFN5O4/c1-19(2)37(3)31(42)25(24-7-6-8-26(33)29(24)32)16-38(18-39)17-28(40)35-23-11-10-20-13-22(14-21(20)15-23)30(41)36-27-9-4-5-12-34-27/h4-12,15-16,18-19,22H,13-14,17H2,1-3H3,(H,35,40)(H,34,36,41)/b25-16-. The summed E-state index contributed by atoms with van der Waals surface area (Å²) in [6.07, 6.45) is 4.28. The zero-order valence-corrected chi connectivity index (χ0v) is 24.2. The maximum absolute atomic E-state index is 14.2. The number of carbonyl (C=O) groups is 4. The topological polar surface area (TPSA) is 112 Å². The monoisotopic (exact) mass is 591 g/mol. The Bertz CT molecular complexity index is 1530. The number of rotatable bonds is 10. The van der Waals surface area contributed by atoms with Gasteiger partial charge in [-0.25, -0.2) is 9.37 Å². The molecule has 0 radical (unpaired) electrons. The minimum Gasteiger partial charge on any atom is -0.339 e. The molecule has 42 heavy (non-hydrogen) atoms. The van der Waals surface area contributed by atoms with Gasteiger partial charge in [0.25, 0.3) is 5.91 Å². The molecule has 1 aliphatic rings. The first-order valence-corrected chi connectivity index (χ1v) is 13.7. The van der Waals surface area contributed by atoms with Crippen LogP contribution in [0.25, 0.3) is 5.57 Å². The molecule has 0 fully saturated rings. The lowest BCUT2D eigenvalue weighted by molar-refractivity contribution is -0.125. The van der Waals surface area contributed by atoms with Gasteiger partial charge in [0.15, 0.2) is 0 Å². The highest BCUT2D eigenvalue weighted by molar-refractivity contribution is 6.35. The fraction of sp³-hybridized carbons (Fsp3) is 0.258. The van der Waals surface area contributed by atoms with E-state index in [0.29, 0.717) is 30.8 Å². The molecule has 0 aliphatic heterocycles. The lowest BCUT2D eigenvalue weighted by Crippen LogP contribution is -2.35. The minimum atomic E-state index is -0.719. The molecule has 1 heterocycles. The highest BCUT2D eigenvalue weighted by atomic mass is 35.5. The van der Waals surface area contributed by atoms with Crippen LogP contribution in [0.4, 0.5) is 15.9 Å². The van der Waals surface area contributed by atoms with Crippen molar-refractivity contribution in [2.24, 2.45) is 5.92 Å². The molecule has 2 aromatic carbocycles. The van der Waals surface area contributed by atoms with Gasteiger partial charge < -0.3 is 20.4 Å². The first kappa shape index (κ1) is 30.4. The fourth-order valence-electron chi connectivity index (χ4n) is 4.57. The van der Waals surface area contributed by atoms with Gasteiger partial charge in [0, 0.05) is 42.7 Å². The summed E-state index contributed by atoms with van der Waals surface area (Å²) in [6.45, 7) is 3.20. The van der Waals surface area contributed by atoms with E-state index in [0.717, 1.165) is 22.1 Å². The zero-order valence-electron chi connectivity index (χ0n) is 23.4. The van der Waals surface area contributed by atoms with Gasteiger partial charge >= 0.3 is 0 Å². The summed E-state index contributed by atoms with van der Waals surface area (Å²) >= 11 is 6.17. The van der Waals surface area contributed by atoms with Gasteiger partial charge in [-0.3, -0.25) is 19.2 Å². The van der Waals surface area contributed by atoms with Gasteiger partial charge in [0.1, 0.15) is 18.2 Å². The molecular weight excluding hydrogens is 561 g/mol. The molecule has 1 aromatic heterocycles. The van der Waals surface area contributed by atoms with E-state index in [-0.39, 0.29) is 34.0 Å². The summed E-state index contributed by atoms with van der Waals surface area (Å²) in [4.78, 5) is 57.4. The van der Waals surface area contributed by atoms with Crippen LogP contribution in [0.3, 0.4) is 0 Å². The van der Waals surface area contributed by atoms with Crippen molar-refractivity contribution in [3.63, 3.8) is 0 Å². The number of likely N-dealkylation sites (N-methyl/N-ethyl adjacent to an activating group) is 1.